The monoisotopic (exact) mass is 416 g/mol. The molecule has 0 unspecified atom stereocenters. The number of nitrogens with zero attached hydrogens (tertiary/aromatic N) is 1. The van der Waals surface area contributed by atoms with E-state index in [9.17, 15) is 4.79 Å². The van der Waals surface area contributed by atoms with Crippen molar-refractivity contribution in [3.05, 3.63) is 55.8 Å². The molecule has 2 aromatic rings. The maximum atomic E-state index is 12.0. The van der Waals surface area contributed by atoms with Gasteiger partial charge >= 0.3 is 0 Å². The summed E-state index contributed by atoms with van der Waals surface area (Å²) in [5.41, 5.74) is 2.35. The van der Waals surface area contributed by atoms with E-state index in [0.29, 0.717) is 10.3 Å². The number of aromatic nitrogens is 1. The number of hydrogen-bond donors (Lipinski definition) is 1. The van der Waals surface area contributed by atoms with Crippen molar-refractivity contribution in [1.29, 1.82) is 0 Å². The van der Waals surface area contributed by atoms with Gasteiger partial charge in [0.2, 0.25) is 0 Å². The van der Waals surface area contributed by atoms with Crippen molar-refractivity contribution < 1.29 is 4.79 Å². The van der Waals surface area contributed by atoms with E-state index in [4.69, 9.17) is 0 Å². The van der Waals surface area contributed by atoms with Gasteiger partial charge in [0.05, 0.1) is 0 Å². The van der Waals surface area contributed by atoms with Gasteiger partial charge in [-0.15, -0.1) is 0 Å². The van der Waals surface area contributed by atoms with Crippen LogP contribution in [0.25, 0.3) is 0 Å². The van der Waals surface area contributed by atoms with Crippen LogP contribution >= 0.6 is 38.5 Å². The van der Waals surface area contributed by atoms with Gasteiger partial charge in [0, 0.05) is 9.26 Å². The third kappa shape index (κ3) is 3.29. The fourth-order valence-electron chi connectivity index (χ4n) is 1.40. The van der Waals surface area contributed by atoms with Gasteiger partial charge in [-0.2, -0.15) is 0 Å². The minimum Gasteiger partial charge on any atom is -0.321 e. The highest BCUT2D eigenvalue weighted by atomic mass is 127. The Hall–Kier alpha value is -0.950. The van der Waals surface area contributed by atoms with Crippen LogP contribution in [-0.2, 0) is 0 Å². The van der Waals surface area contributed by atoms with Crippen LogP contribution in [-0.4, -0.2) is 10.9 Å². The lowest BCUT2D eigenvalue weighted by Crippen LogP contribution is -2.13. The van der Waals surface area contributed by atoms with Crippen molar-refractivity contribution in [3.63, 3.8) is 0 Å². The Morgan fingerprint density at radius 3 is 2.78 bits per heavy atom. The number of hydrogen-bond acceptors (Lipinski definition) is 2. The summed E-state index contributed by atoms with van der Waals surface area (Å²) in [5.74, 6) is -0.212. The Balaban J connectivity index is 2.18. The molecule has 0 atom stereocenters. The second-order valence-electron chi connectivity index (χ2n) is 3.76. The van der Waals surface area contributed by atoms with Crippen LogP contribution in [0.3, 0.4) is 0 Å². The number of rotatable bonds is 2. The first-order valence-corrected chi connectivity index (χ1v) is 7.13. The molecule has 0 aliphatic carbocycles. The van der Waals surface area contributed by atoms with E-state index < -0.39 is 0 Å². The lowest BCUT2D eigenvalue weighted by Gasteiger charge is -2.06. The average molecular weight is 417 g/mol. The first kappa shape index (κ1) is 13.5. The molecule has 0 aliphatic heterocycles. The zero-order valence-electron chi connectivity index (χ0n) is 9.58. The summed E-state index contributed by atoms with van der Waals surface area (Å²) in [6.45, 7) is 2.03. The summed E-state index contributed by atoms with van der Waals surface area (Å²) in [7, 11) is 0. The van der Waals surface area contributed by atoms with Crippen LogP contribution in [0.5, 0.6) is 0 Å². The molecule has 0 fully saturated rings. The van der Waals surface area contributed by atoms with Crippen molar-refractivity contribution in [3.8, 4) is 0 Å². The molecule has 0 aliphatic rings. The number of carbonyl (C=O) groups is 1. The van der Waals surface area contributed by atoms with E-state index in [1.165, 1.54) is 5.56 Å². The molecule has 0 bridgehead atoms. The molecule has 1 amide bonds. The maximum Gasteiger partial charge on any atom is 0.274 e. The third-order valence-electron chi connectivity index (χ3n) is 2.38. The van der Waals surface area contributed by atoms with Crippen LogP contribution in [0.1, 0.15) is 16.1 Å². The van der Waals surface area contributed by atoms with Gasteiger partial charge in [0.15, 0.2) is 0 Å². The number of pyridine rings is 1. The minimum absolute atomic E-state index is 0.212. The largest absolute Gasteiger partial charge is 0.321 e. The minimum atomic E-state index is -0.212. The van der Waals surface area contributed by atoms with E-state index in [0.717, 1.165) is 9.26 Å². The Morgan fingerprint density at radius 2 is 2.11 bits per heavy atom. The summed E-state index contributed by atoms with van der Waals surface area (Å²) in [4.78, 5) is 16.1. The Bertz CT molecular complexity index is 601. The van der Waals surface area contributed by atoms with Crippen molar-refractivity contribution in [2.45, 2.75) is 6.92 Å². The number of anilines is 1. The zero-order chi connectivity index (χ0) is 13.1. The van der Waals surface area contributed by atoms with Gasteiger partial charge < -0.3 is 5.32 Å². The smallest absolute Gasteiger partial charge is 0.274 e. The SMILES string of the molecule is Cc1ccc(NC(=O)c2cccc(Br)n2)cc1I. The third-order valence-corrected chi connectivity index (χ3v) is 3.98. The Kier molecular flexibility index (Phi) is 4.34. The lowest BCUT2D eigenvalue weighted by atomic mass is 10.2. The highest BCUT2D eigenvalue weighted by molar-refractivity contribution is 14.1. The molecule has 0 spiro atoms. The summed E-state index contributed by atoms with van der Waals surface area (Å²) in [6, 6.07) is 11.0. The van der Waals surface area contributed by atoms with Gasteiger partial charge in [-0.1, -0.05) is 12.1 Å². The first-order valence-electron chi connectivity index (χ1n) is 5.26. The molecule has 1 heterocycles. The van der Waals surface area contributed by atoms with E-state index in [1.54, 1.807) is 18.2 Å². The molecule has 1 aromatic heterocycles. The number of benzene rings is 1. The van der Waals surface area contributed by atoms with Crippen LogP contribution in [0, 0.1) is 10.5 Å². The highest BCUT2D eigenvalue weighted by Crippen LogP contribution is 2.17. The first-order chi connectivity index (χ1) is 8.56. The van der Waals surface area contributed by atoms with Crippen molar-refractivity contribution in [2.24, 2.45) is 0 Å². The molecule has 0 saturated heterocycles. The predicted molar refractivity (Wildman–Crippen MR) is 83.8 cm³/mol. The Morgan fingerprint density at radius 1 is 1.33 bits per heavy atom. The zero-order valence-corrected chi connectivity index (χ0v) is 13.3. The summed E-state index contributed by atoms with van der Waals surface area (Å²) in [5, 5.41) is 2.83. The summed E-state index contributed by atoms with van der Waals surface area (Å²) in [6.07, 6.45) is 0. The number of halogens is 2. The summed E-state index contributed by atoms with van der Waals surface area (Å²) >= 11 is 5.49. The summed E-state index contributed by atoms with van der Waals surface area (Å²) < 4.78 is 1.77. The van der Waals surface area contributed by atoms with E-state index >= 15 is 0 Å². The molecule has 1 N–H and O–H groups in total. The number of nitrogens with one attached hydrogen (secondary N) is 1. The molecule has 1 aromatic carbocycles. The fraction of sp³-hybridized carbons (Fsp3) is 0.0769. The van der Waals surface area contributed by atoms with E-state index in [1.807, 2.05) is 25.1 Å². The van der Waals surface area contributed by atoms with Gasteiger partial charge in [-0.25, -0.2) is 4.98 Å². The van der Waals surface area contributed by atoms with E-state index in [2.05, 4.69) is 48.8 Å². The quantitative estimate of drug-likeness (QED) is 0.593. The molecule has 3 nitrogen and oxygen atoms in total. The second kappa shape index (κ2) is 5.79. The molecule has 0 saturated carbocycles. The fourth-order valence-corrected chi connectivity index (χ4v) is 2.26. The topological polar surface area (TPSA) is 42.0 Å². The molecule has 18 heavy (non-hydrogen) atoms. The predicted octanol–water partition coefficient (Wildman–Crippen LogP) is 4.01. The number of aryl methyl sites for hydroxylation is 1. The lowest BCUT2D eigenvalue weighted by molar-refractivity contribution is 0.102. The molecule has 2 rings (SSSR count). The van der Waals surface area contributed by atoms with Crippen LogP contribution in [0.2, 0.25) is 0 Å². The van der Waals surface area contributed by atoms with Crippen molar-refractivity contribution >= 4 is 50.1 Å². The van der Waals surface area contributed by atoms with E-state index in [-0.39, 0.29) is 5.91 Å². The van der Waals surface area contributed by atoms with Crippen molar-refractivity contribution in [2.75, 3.05) is 5.32 Å². The Labute approximate surface area is 127 Å². The molecular formula is C13H10BrIN2O. The van der Waals surface area contributed by atoms with Crippen LogP contribution in [0.4, 0.5) is 5.69 Å². The van der Waals surface area contributed by atoms with Crippen molar-refractivity contribution in [1.82, 2.24) is 4.98 Å². The number of carbonyl (C=O) groups excluding carboxylic acids is 1. The molecule has 0 radical (unpaired) electrons. The standard InChI is InChI=1S/C13H10BrIN2O/c1-8-5-6-9(7-10(8)15)16-13(18)11-3-2-4-12(14)17-11/h2-7H,1H3,(H,16,18). The normalized spacial score (nSPS) is 10.2. The molecule has 5 heteroatoms. The van der Waals surface area contributed by atoms with Gasteiger partial charge in [0.25, 0.3) is 5.91 Å². The highest BCUT2D eigenvalue weighted by Gasteiger charge is 2.08. The number of amides is 1. The van der Waals surface area contributed by atoms with Crippen LogP contribution < -0.4 is 5.32 Å². The molecular weight excluding hydrogens is 407 g/mol. The van der Waals surface area contributed by atoms with Gasteiger partial charge in [0.1, 0.15) is 10.3 Å². The van der Waals surface area contributed by atoms with Gasteiger partial charge in [-0.05, 0) is 75.3 Å². The van der Waals surface area contributed by atoms with Gasteiger partial charge in [-0.3, -0.25) is 4.79 Å². The maximum absolute atomic E-state index is 12.0. The second-order valence-corrected chi connectivity index (χ2v) is 5.74. The average Bonchev–Trinajstić information content (AvgIpc) is 2.34. The molecule has 92 valence electrons. The van der Waals surface area contributed by atoms with Crippen LogP contribution in [0.15, 0.2) is 41.0 Å².